The Morgan fingerprint density at radius 2 is 1.66 bits per heavy atom. The first-order chi connectivity index (χ1) is 15.2. The fourth-order valence-corrected chi connectivity index (χ4v) is 3.14. The van der Waals surface area contributed by atoms with Gasteiger partial charge in [0.2, 0.25) is 0 Å². The van der Waals surface area contributed by atoms with Crippen molar-refractivity contribution in [2.24, 2.45) is 0 Å². The van der Waals surface area contributed by atoms with Crippen molar-refractivity contribution in [3.05, 3.63) is 109 Å². The number of rotatable bonds is 6. The average Bonchev–Trinajstić information content (AvgIpc) is 2.76. The summed E-state index contributed by atoms with van der Waals surface area (Å²) in [6, 6.07) is 16.3. The molecular weight excluding hydrogens is 477 g/mol. The van der Waals surface area contributed by atoms with Crippen molar-refractivity contribution in [2.45, 2.75) is 0 Å². The van der Waals surface area contributed by atoms with E-state index < -0.39 is 16.7 Å². The van der Waals surface area contributed by atoms with Gasteiger partial charge in [0.25, 0.3) is 17.5 Å². The van der Waals surface area contributed by atoms with Gasteiger partial charge < -0.3 is 10.6 Å². The van der Waals surface area contributed by atoms with Crippen LogP contribution in [-0.2, 0) is 4.79 Å². The lowest BCUT2D eigenvalue weighted by Gasteiger charge is -2.12. The molecule has 7 nitrogen and oxygen atoms in total. The summed E-state index contributed by atoms with van der Waals surface area (Å²) in [5.41, 5.74) is 0.590. The molecule has 162 valence electrons. The van der Waals surface area contributed by atoms with Crippen molar-refractivity contribution in [2.75, 3.05) is 5.32 Å². The second-order valence-electron chi connectivity index (χ2n) is 6.46. The van der Waals surface area contributed by atoms with Crippen molar-refractivity contribution in [1.29, 1.82) is 0 Å². The van der Waals surface area contributed by atoms with Gasteiger partial charge in [-0.05, 0) is 48.0 Å². The molecule has 2 N–H and O–H groups in total. The SMILES string of the molecule is O=C(Nc1ccc(Cl)c(Cl)c1)C(=Cc1cccc([N+](=O)[O-])c1)NC(=O)c1cccc(Cl)c1. The number of hydrogen-bond donors (Lipinski definition) is 2. The lowest BCUT2D eigenvalue weighted by atomic mass is 10.1. The highest BCUT2D eigenvalue weighted by atomic mass is 35.5. The molecule has 32 heavy (non-hydrogen) atoms. The number of nitro groups is 1. The molecule has 3 aromatic carbocycles. The Bertz CT molecular complexity index is 1240. The van der Waals surface area contributed by atoms with Crippen LogP contribution in [-0.4, -0.2) is 16.7 Å². The fourth-order valence-electron chi connectivity index (χ4n) is 2.65. The summed E-state index contributed by atoms with van der Waals surface area (Å²) >= 11 is 17.8. The molecule has 0 fully saturated rings. The number of amides is 2. The predicted molar refractivity (Wildman–Crippen MR) is 125 cm³/mol. The van der Waals surface area contributed by atoms with E-state index in [1.165, 1.54) is 54.6 Å². The number of carbonyl (C=O) groups excluding carboxylic acids is 2. The second kappa shape index (κ2) is 10.3. The van der Waals surface area contributed by atoms with Crippen molar-refractivity contribution in [1.82, 2.24) is 5.32 Å². The predicted octanol–water partition coefficient (Wildman–Crippen LogP) is 5.96. The Kier molecular flexibility index (Phi) is 7.48. The van der Waals surface area contributed by atoms with E-state index in [1.807, 2.05) is 0 Å². The zero-order chi connectivity index (χ0) is 23.3. The molecule has 0 bridgehead atoms. The van der Waals surface area contributed by atoms with E-state index in [2.05, 4.69) is 10.6 Å². The van der Waals surface area contributed by atoms with Crippen LogP contribution in [0.25, 0.3) is 6.08 Å². The molecule has 0 aliphatic rings. The maximum Gasteiger partial charge on any atom is 0.272 e. The zero-order valence-corrected chi connectivity index (χ0v) is 18.4. The van der Waals surface area contributed by atoms with Gasteiger partial charge in [-0.1, -0.05) is 53.0 Å². The van der Waals surface area contributed by atoms with Crippen LogP contribution in [0.5, 0.6) is 0 Å². The van der Waals surface area contributed by atoms with Gasteiger partial charge in [0.1, 0.15) is 5.70 Å². The summed E-state index contributed by atoms with van der Waals surface area (Å²) < 4.78 is 0. The van der Waals surface area contributed by atoms with Crippen LogP contribution in [0, 0.1) is 10.1 Å². The molecule has 3 rings (SSSR count). The first-order valence-corrected chi connectivity index (χ1v) is 10.2. The normalized spacial score (nSPS) is 11.0. The summed E-state index contributed by atoms with van der Waals surface area (Å²) in [7, 11) is 0. The lowest BCUT2D eigenvalue weighted by molar-refractivity contribution is -0.384. The minimum absolute atomic E-state index is 0.151. The Morgan fingerprint density at radius 3 is 2.34 bits per heavy atom. The molecule has 3 aromatic rings. The van der Waals surface area contributed by atoms with Gasteiger partial charge in [-0.3, -0.25) is 19.7 Å². The Labute approximate surface area is 197 Å². The molecule has 0 unspecified atom stereocenters. The van der Waals surface area contributed by atoms with Crippen LogP contribution >= 0.6 is 34.8 Å². The van der Waals surface area contributed by atoms with E-state index in [0.717, 1.165) is 0 Å². The van der Waals surface area contributed by atoms with Gasteiger partial charge in [-0.25, -0.2) is 0 Å². The smallest absolute Gasteiger partial charge is 0.272 e. The molecular formula is C22H14Cl3N3O4. The second-order valence-corrected chi connectivity index (χ2v) is 7.71. The Morgan fingerprint density at radius 1 is 0.906 bits per heavy atom. The van der Waals surface area contributed by atoms with Crippen LogP contribution < -0.4 is 10.6 Å². The molecule has 0 aliphatic heterocycles. The number of hydrogen-bond acceptors (Lipinski definition) is 4. The quantitative estimate of drug-likeness (QED) is 0.253. The summed E-state index contributed by atoms with van der Waals surface area (Å²) in [4.78, 5) is 36.1. The van der Waals surface area contributed by atoms with Gasteiger partial charge in [-0.15, -0.1) is 0 Å². The minimum atomic E-state index is -0.676. The maximum atomic E-state index is 12.9. The molecule has 0 atom stereocenters. The summed E-state index contributed by atoms with van der Waals surface area (Å²) in [6.07, 6.45) is 1.32. The number of nitrogens with zero attached hydrogens (tertiary/aromatic N) is 1. The molecule has 0 radical (unpaired) electrons. The van der Waals surface area contributed by atoms with Crippen LogP contribution in [0.4, 0.5) is 11.4 Å². The number of nitro benzene ring substituents is 1. The van der Waals surface area contributed by atoms with Gasteiger partial charge in [0, 0.05) is 28.4 Å². The van der Waals surface area contributed by atoms with Crippen LogP contribution in [0.1, 0.15) is 15.9 Å². The standard InChI is InChI=1S/C22H14Cl3N3O4/c23-15-5-2-4-14(11-15)21(29)27-20(10-13-3-1-6-17(9-13)28(31)32)22(30)26-16-7-8-18(24)19(25)12-16/h1-12H,(H,26,30)(H,27,29). The van der Waals surface area contributed by atoms with Crippen LogP contribution in [0.2, 0.25) is 15.1 Å². The number of halogens is 3. The van der Waals surface area contributed by atoms with Gasteiger partial charge in [-0.2, -0.15) is 0 Å². The number of non-ortho nitro benzene ring substituents is 1. The highest BCUT2D eigenvalue weighted by Crippen LogP contribution is 2.25. The lowest BCUT2D eigenvalue weighted by Crippen LogP contribution is -2.30. The number of anilines is 1. The molecule has 2 amide bonds. The van der Waals surface area contributed by atoms with Gasteiger partial charge >= 0.3 is 0 Å². The average molecular weight is 491 g/mol. The molecule has 0 spiro atoms. The van der Waals surface area contributed by atoms with Crippen molar-refractivity contribution in [3.8, 4) is 0 Å². The third-order valence-electron chi connectivity index (χ3n) is 4.15. The third kappa shape index (κ3) is 6.07. The van der Waals surface area contributed by atoms with Crippen molar-refractivity contribution in [3.63, 3.8) is 0 Å². The number of benzene rings is 3. The van der Waals surface area contributed by atoms with E-state index >= 15 is 0 Å². The Hall–Kier alpha value is -3.39. The summed E-state index contributed by atoms with van der Waals surface area (Å²) in [6.45, 7) is 0. The zero-order valence-electron chi connectivity index (χ0n) is 16.1. The highest BCUT2D eigenvalue weighted by Gasteiger charge is 2.16. The van der Waals surface area contributed by atoms with E-state index in [9.17, 15) is 19.7 Å². The summed E-state index contributed by atoms with van der Waals surface area (Å²) in [5, 5.41) is 17.1. The molecule has 0 saturated heterocycles. The number of carbonyl (C=O) groups is 2. The molecule has 0 aliphatic carbocycles. The van der Waals surface area contributed by atoms with Gasteiger partial charge in [0.15, 0.2) is 0 Å². The molecule has 0 heterocycles. The van der Waals surface area contributed by atoms with Crippen LogP contribution in [0.15, 0.2) is 72.4 Å². The Balaban J connectivity index is 1.95. The topological polar surface area (TPSA) is 101 Å². The van der Waals surface area contributed by atoms with E-state index in [0.29, 0.717) is 21.3 Å². The fraction of sp³-hybridized carbons (Fsp3) is 0. The molecule has 10 heteroatoms. The van der Waals surface area contributed by atoms with E-state index in [4.69, 9.17) is 34.8 Å². The van der Waals surface area contributed by atoms with E-state index in [-0.39, 0.29) is 22.0 Å². The third-order valence-corrected chi connectivity index (χ3v) is 5.12. The highest BCUT2D eigenvalue weighted by molar-refractivity contribution is 6.42. The van der Waals surface area contributed by atoms with Crippen molar-refractivity contribution >= 4 is 64.1 Å². The molecule has 0 saturated carbocycles. The minimum Gasteiger partial charge on any atom is -0.321 e. The maximum absolute atomic E-state index is 12.9. The largest absolute Gasteiger partial charge is 0.321 e. The number of nitrogens with one attached hydrogen (secondary N) is 2. The summed E-state index contributed by atoms with van der Waals surface area (Å²) in [5.74, 6) is -1.27. The monoisotopic (exact) mass is 489 g/mol. The van der Waals surface area contributed by atoms with E-state index in [1.54, 1.807) is 18.2 Å². The van der Waals surface area contributed by atoms with Crippen molar-refractivity contribution < 1.29 is 14.5 Å². The molecule has 0 aromatic heterocycles. The van der Waals surface area contributed by atoms with Crippen LogP contribution in [0.3, 0.4) is 0 Å². The first kappa shape index (κ1) is 23.3. The van der Waals surface area contributed by atoms with Gasteiger partial charge in [0.05, 0.1) is 15.0 Å². The first-order valence-electron chi connectivity index (χ1n) is 9.02.